The summed E-state index contributed by atoms with van der Waals surface area (Å²) in [6.07, 6.45) is 2.14. The highest BCUT2D eigenvalue weighted by atomic mass is 35.6. The molecule has 0 spiro atoms. The van der Waals surface area contributed by atoms with Gasteiger partial charge in [0.15, 0.2) is 0 Å². The lowest BCUT2D eigenvalue weighted by molar-refractivity contribution is 0.586. The zero-order valence-electron chi connectivity index (χ0n) is 8.79. The summed E-state index contributed by atoms with van der Waals surface area (Å²) in [7, 11) is -1.50. The molecular weight excluding hydrogens is 341 g/mol. The Morgan fingerprint density at radius 3 is 2.12 bits per heavy atom. The Bertz CT molecular complexity index is 447. The van der Waals surface area contributed by atoms with Gasteiger partial charge in [0.05, 0.1) is 15.1 Å². The molecule has 0 atom stereocenters. The molecule has 1 aromatic carbocycles. The van der Waals surface area contributed by atoms with E-state index in [-0.39, 0.29) is 15.1 Å². The topological polar surface area (TPSA) is 9.23 Å². The fourth-order valence-electron chi connectivity index (χ4n) is 1.23. The Kier molecular flexibility index (Phi) is 5.97. The standard InChI is InChI=1S/C10H8Cl5OSi/c1-3-4-5-6(11)7(12)8(13)9(14)10(5)16-17(2)15/h3H,1,4H2,2H3. The third-order valence-electron chi connectivity index (χ3n) is 1.91. The Labute approximate surface area is 127 Å². The maximum Gasteiger partial charge on any atom is 0.389 e. The van der Waals surface area contributed by atoms with Gasteiger partial charge >= 0.3 is 8.35 Å². The van der Waals surface area contributed by atoms with Gasteiger partial charge in [-0.3, -0.25) is 0 Å². The van der Waals surface area contributed by atoms with Crippen LogP contribution in [0, 0.1) is 0 Å². The summed E-state index contributed by atoms with van der Waals surface area (Å²) in [5.74, 6) is 0.386. The number of halogens is 5. The lowest BCUT2D eigenvalue weighted by Gasteiger charge is -2.17. The molecule has 0 fully saturated rings. The van der Waals surface area contributed by atoms with E-state index >= 15 is 0 Å². The van der Waals surface area contributed by atoms with Crippen LogP contribution in [0.25, 0.3) is 0 Å². The number of allylic oxidation sites excluding steroid dienone is 1. The van der Waals surface area contributed by atoms with Crippen LogP contribution in [0.15, 0.2) is 12.7 Å². The average molecular weight is 350 g/mol. The average Bonchev–Trinajstić information content (AvgIpc) is 2.28. The van der Waals surface area contributed by atoms with E-state index in [1.54, 1.807) is 12.6 Å². The fourth-order valence-corrected chi connectivity index (χ4v) is 3.02. The van der Waals surface area contributed by atoms with Crippen molar-refractivity contribution in [1.29, 1.82) is 0 Å². The second kappa shape index (κ2) is 6.55. The maximum absolute atomic E-state index is 6.10. The molecule has 17 heavy (non-hydrogen) atoms. The van der Waals surface area contributed by atoms with Gasteiger partial charge in [-0.25, -0.2) is 0 Å². The van der Waals surface area contributed by atoms with Gasteiger partial charge in [-0.1, -0.05) is 52.5 Å². The van der Waals surface area contributed by atoms with Crippen molar-refractivity contribution in [2.45, 2.75) is 13.0 Å². The molecule has 0 aromatic heterocycles. The minimum Gasteiger partial charge on any atom is -0.526 e. The zero-order chi connectivity index (χ0) is 13.2. The smallest absolute Gasteiger partial charge is 0.389 e. The monoisotopic (exact) mass is 347 g/mol. The SMILES string of the molecule is C=CCc1c(Cl)c(Cl)c(Cl)c(Cl)c1O[Si](C)Cl. The van der Waals surface area contributed by atoms with Crippen molar-refractivity contribution >= 4 is 65.8 Å². The van der Waals surface area contributed by atoms with Gasteiger partial charge in [0, 0.05) is 5.56 Å². The van der Waals surface area contributed by atoms with Crippen LogP contribution < -0.4 is 4.43 Å². The molecular formula is C10H8Cl5OSi. The molecule has 0 saturated carbocycles. The van der Waals surface area contributed by atoms with Crippen LogP contribution in [-0.2, 0) is 6.42 Å². The van der Waals surface area contributed by atoms with Crippen molar-refractivity contribution in [2.75, 3.05) is 0 Å². The normalized spacial score (nSPS) is 10.8. The maximum atomic E-state index is 6.10. The van der Waals surface area contributed by atoms with Crippen LogP contribution in [0.4, 0.5) is 0 Å². The van der Waals surface area contributed by atoms with Gasteiger partial charge < -0.3 is 4.43 Å². The molecule has 1 radical (unpaired) electrons. The van der Waals surface area contributed by atoms with E-state index in [1.807, 2.05) is 0 Å². The molecule has 0 aliphatic heterocycles. The third-order valence-corrected chi connectivity index (χ3v) is 4.45. The quantitative estimate of drug-likeness (QED) is 0.221. The van der Waals surface area contributed by atoms with E-state index < -0.39 is 8.35 Å². The molecule has 0 N–H and O–H groups in total. The highest BCUT2D eigenvalue weighted by Gasteiger charge is 2.22. The lowest BCUT2D eigenvalue weighted by atomic mass is 10.1. The predicted molar refractivity (Wildman–Crippen MR) is 78.5 cm³/mol. The van der Waals surface area contributed by atoms with Crippen molar-refractivity contribution in [3.05, 3.63) is 38.3 Å². The minimum atomic E-state index is -1.50. The van der Waals surface area contributed by atoms with E-state index in [2.05, 4.69) is 6.58 Å². The molecule has 7 heteroatoms. The van der Waals surface area contributed by atoms with Gasteiger partial charge in [0.1, 0.15) is 10.8 Å². The van der Waals surface area contributed by atoms with Gasteiger partial charge in [0.2, 0.25) is 0 Å². The Hall–Kier alpha value is 0.427. The van der Waals surface area contributed by atoms with Gasteiger partial charge in [-0.2, -0.15) is 0 Å². The Balaban J connectivity index is 3.47. The summed E-state index contributed by atoms with van der Waals surface area (Å²) < 4.78 is 5.51. The van der Waals surface area contributed by atoms with Crippen LogP contribution in [-0.4, -0.2) is 8.35 Å². The van der Waals surface area contributed by atoms with E-state index in [4.69, 9.17) is 61.9 Å². The van der Waals surface area contributed by atoms with Crippen molar-refractivity contribution in [3.8, 4) is 5.75 Å². The summed E-state index contributed by atoms with van der Waals surface area (Å²) in [6.45, 7) is 5.40. The molecule has 0 unspecified atom stereocenters. The van der Waals surface area contributed by atoms with E-state index in [1.165, 1.54) is 0 Å². The third kappa shape index (κ3) is 3.46. The second-order valence-corrected chi connectivity index (χ2v) is 7.38. The first-order valence-corrected chi connectivity index (χ1v) is 8.96. The van der Waals surface area contributed by atoms with Crippen LogP contribution >= 0.6 is 57.5 Å². The highest BCUT2D eigenvalue weighted by Crippen LogP contribution is 2.46. The molecule has 0 bridgehead atoms. The van der Waals surface area contributed by atoms with Gasteiger partial charge in [0.25, 0.3) is 0 Å². The number of rotatable bonds is 4. The van der Waals surface area contributed by atoms with Crippen LogP contribution in [0.1, 0.15) is 5.56 Å². The zero-order valence-corrected chi connectivity index (χ0v) is 13.6. The second-order valence-electron chi connectivity index (χ2n) is 3.13. The van der Waals surface area contributed by atoms with Crippen LogP contribution in [0.5, 0.6) is 5.75 Å². The largest absolute Gasteiger partial charge is 0.526 e. The molecule has 93 valence electrons. The lowest BCUT2D eigenvalue weighted by Crippen LogP contribution is -2.11. The summed E-state index contributed by atoms with van der Waals surface area (Å²) >= 11 is 30.0. The van der Waals surface area contributed by atoms with Crippen LogP contribution in [0.2, 0.25) is 26.6 Å². The molecule has 1 rings (SSSR count). The summed E-state index contributed by atoms with van der Waals surface area (Å²) in [5.41, 5.74) is 0.645. The van der Waals surface area contributed by atoms with Crippen molar-refractivity contribution < 1.29 is 4.43 Å². The first-order valence-electron chi connectivity index (χ1n) is 4.52. The summed E-state index contributed by atoms with van der Waals surface area (Å²) in [6, 6.07) is 0. The molecule has 1 aromatic rings. The van der Waals surface area contributed by atoms with E-state index in [9.17, 15) is 0 Å². The first-order chi connectivity index (χ1) is 7.90. The molecule has 0 heterocycles. The molecule has 0 amide bonds. The number of benzene rings is 1. The molecule has 0 saturated heterocycles. The minimum absolute atomic E-state index is 0.168. The van der Waals surface area contributed by atoms with Crippen molar-refractivity contribution in [2.24, 2.45) is 0 Å². The predicted octanol–water partition coefficient (Wildman–Crippen LogP) is 5.76. The van der Waals surface area contributed by atoms with Gasteiger partial charge in [-0.15, -0.1) is 17.7 Å². The van der Waals surface area contributed by atoms with E-state index in [0.717, 1.165) is 0 Å². The summed E-state index contributed by atoms with van der Waals surface area (Å²) in [5, 5.41) is 0.918. The Morgan fingerprint density at radius 1 is 1.12 bits per heavy atom. The Morgan fingerprint density at radius 2 is 1.65 bits per heavy atom. The van der Waals surface area contributed by atoms with E-state index in [0.29, 0.717) is 22.8 Å². The van der Waals surface area contributed by atoms with Crippen molar-refractivity contribution in [3.63, 3.8) is 0 Å². The van der Waals surface area contributed by atoms with Gasteiger partial charge in [-0.05, 0) is 13.0 Å². The first kappa shape index (κ1) is 15.5. The molecule has 0 aliphatic rings. The number of hydrogen-bond acceptors (Lipinski definition) is 1. The molecule has 1 nitrogen and oxygen atoms in total. The number of hydrogen-bond donors (Lipinski definition) is 0. The van der Waals surface area contributed by atoms with Crippen LogP contribution in [0.3, 0.4) is 0 Å². The molecule has 0 aliphatic carbocycles. The fraction of sp³-hybridized carbons (Fsp3) is 0.200. The van der Waals surface area contributed by atoms with Crippen molar-refractivity contribution in [1.82, 2.24) is 0 Å². The highest BCUT2D eigenvalue weighted by molar-refractivity contribution is 7.02. The summed E-state index contributed by atoms with van der Waals surface area (Å²) in [4.78, 5) is 0.